The number of alkyl halides is 3. The summed E-state index contributed by atoms with van der Waals surface area (Å²) in [5.74, 6) is 0. The van der Waals surface area contributed by atoms with E-state index in [9.17, 15) is 13.2 Å². The summed E-state index contributed by atoms with van der Waals surface area (Å²) in [6, 6.07) is 1.92. The van der Waals surface area contributed by atoms with Gasteiger partial charge in [-0.05, 0) is 19.1 Å². The molecule has 1 aromatic heterocycles. The molecule has 0 unspecified atom stereocenters. The number of nitrogens with zero attached hydrogens (tertiary/aromatic N) is 1. The summed E-state index contributed by atoms with van der Waals surface area (Å²) < 4.78 is 36.1. The third kappa shape index (κ3) is 4.68. The van der Waals surface area contributed by atoms with E-state index in [4.69, 9.17) is 5.73 Å². The Labute approximate surface area is 97.9 Å². The predicted molar refractivity (Wildman–Crippen MR) is 56.3 cm³/mol. The van der Waals surface area contributed by atoms with Crippen LogP contribution in [0.4, 0.5) is 13.2 Å². The van der Waals surface area contributed by atoms with E-state index in [1.54, 1.807) is 6.92 Å². The third-order valence-corrected chi connectivity index (χ3v) is 1.58. The first-order chi connectivity index (χ1) is 5.91. The minimum absolute atomic E-state index is 0. The highest BCUT2D eigenvalue weighted by Crippen LogP contribution is 2.28. The Morgan fingerprint density at radius 3 is 2.07 bits per heavy atom. The molecule has 1 heterocycles. The highest BCUT2D eigenvalue weighted by Gasteiger charge is 2.30. The molecule has 88 valence electrons. The molecule has 2 nitrogen and oxygen atoms in total. The first-order valence-corrected chi connectivity index (χ1v) is 3.70. The van der Waals surface area contributed by atoms with Crippen molar-refractivity contribution in [3.63, 3.8) is 0 Å². The van der Waals surface area contributed by atoms with Gasteiger partial charge in [0.05, 0.1) is 11.3 Å². The number of nitrogens with two attached hydrogens (primary N) is 1. The molecule has 0 aromatic carbocycles. The van der Waals surface area contributed by atoms with E-state index in [-0.39, 0.29) is 30.9 Å². The van der Waals surface area contributed by atoms with Crippen LogP contribution in [0.1, 0.15) is 24.2 Å². The molecule has 0 saturated carbocycles. The highest BCUT2D eigenvalue weighted by molar-refractivity contribution is 5.85. The molecule has 0 spiro atoms. The lowest BCUT2D eigenvalue weighted by Crippen LogP contribution is -2.10. The van der Waals surface area contributed by atoms with Crippen molar-refractivity contribution < 1.29 is 13.2 Å². The van der Waals surface area contributed by atoms with Crippen molar-refractivity contribution in [2.75, 3.05) is 0 Å². The molecule has 15 heavy (non-hydrogen) atoms. The Hall–Kier alpha value is -0.520. The van der Waals surface area contributed by atoms with E-state index in [2.05, 4.69) is 4.98 Å². The molecule has 0 aliphatic carbocycles. The lowest BCUT2D eigenvalue weighted by atomic mass is 10.2. The smallest absolute Gasteiger partial charge is 0.323 e. The van der Waals surface area contributed by atoms with E-state index < -0.39 is 11.7 Å². The van der Waals surface area contributed by atoms with E-state index in [1.165, 1.54) is 6.07 Å². The highest BCUT2D eigenvalue weighted by atomic mass is 35.5. The van der Waals surface area contributed by atoms with Gasteiger partial charge in [0.2, 0.25) is 0 Å². The summed E-state index contributed by atoms with van der Waals surface area (Å²) >= 11 is 0. The molecule has 1 rings (SSSR count). The third-order valence-electron chi connectivity index (χ3n) is 1.58. The second-order valence-electron chi connectivity index (χ2n) is 2.76. The molecule has 0 saturated heterocycles. The van der Waals surface area contributed by atoms with Crippen molar-refractivity contribution in [2.24, 2.45) is 5.73 Å². The minimum Gasteiger partial charge on any atom is -0.323 e. The van der Waals surface area contributed by atoms with Crippen molar-refractivity contribution in [1.82, 2.24) is 4.98 Å². The first kappa shape index (κ1) is 16.9. The Bertz CT molecular complexity index is 285. The molecular formula is C8H11Cl2F3N2. The Morgan fingerprint density at radius 1 is 1.27 bits per heavy atom. The summed E-state index contributed by atoms with van der Waals surface area (Å²) in [5, 5.41) is 0. The molecule has 1 aromatic rings. The van der Waals surface area contributed by atoms with Crippen LogP contribution in [0.5, 0.6) is 0 Å². The van der Waals surface area contributed by atoms with Gasteiger partial charge in [0.15, 0.2) is 0 Å². The number of aromatic nitrogens is 1. The number of pyridine rings is 1. The topological polar surface area (TPSA) is 38.9 Å². The van der Waals surface area contributed by atoms with Crippen LogP contribution in [0.2, 0.25) is 0 Å². The summed E-state index contributed by atoms with van der Waals surface area (Å²) in [6.45, 7) is 1.66. The maximum Gasteiger partial charge on any atom is 0.417 e. The first-order valence-electron chi connectivity index (χ1n) is 3.70. The van der Waals surface area contributed by atoms with Crippen LogP contribution in [0.25, 0.3) is 0 Å². The van der Waals surface area contributed by atoms with Crippen molar-refractivity contribution in [2.45, 2.75) is 19.1 Å². The van der Waals surface area contributed by atoms with Gasteiger partial charge in [0.25, 0.3) is 0 Å². The molecule has 0 amide bonds. The second kappa shape index (κ2) is 6.15. The average Bonchev–Trinajstić information content (AvgIpc) is 2.03. The molecule has 7 heteroatoms. The molecule has 2 N–H and O–H groups in total. The van der Waals surface area contributed by atoms with Gasteiger partial charge >= 0.3 is 6.18 Å². The van der Waals surface area contributed by atoms with Gasteiger partial charge in [-0.1, -0.05) is 0 Å². The lowest BCUT2D eigenvalue weighted by molar-refractivity contribution is -0.137. The quantitative estimate of drug-likeness (QED) is 0.845. The molecule has 0 aliphatic rings. The standard InChI is InChI=1S/C8H9F3N2.2ClH/c1-5(12)7-3-2-6(4-13-7)8(9,10)11;;/h2-5H,12H2,1H3;2*1H/t5-;;/m0../s1. The maximum absolute atomic E-state index is 12.0. The number of hydrogen-bond donors (Lipinski definition) is 1. The fourth-order valence-electron chi connectivity index (χ4n) is 0.842. The number of halogens is 5. The van der Waals surface area contributed by atoms with Crippen LogP contribution in [0, 0.1) is 0 Å². The summed E-state index contributed by atoms with van der Waals surface area (Å²) in [7, 11) is 0. The van der Waals surface area contributed by atoms with Gasteiger partial charge in [0, 0.05) is 12.2 Å². The second-order valence-corrected chi connectivity index (χ2v) is 2.76. The Morgan fingerprint density at radius 2 is 1.80 bits per heavy atom. The van der Waals surface area contributed by atoms with Crippen molar-refractivity contribution >= 4 is 24.8 Å². The summed E-state index contributed by atoms with van der Waals surface area (Å²) in [5.41, 5.74) is 5.13. The van der Waals surface area contributed by atoms with Crippen molar-refractivity contribution in [3.05, 3.63) is 29.6 Å². The van der Waals surface area contributed by atoms with Gasteiger partial charge in [-0.3, -0.25) is 4.98 Å². The van der Waals surface area contributed by atoms with Crippen molar-refractivity contribution in [3.8, 4) is 0 Å². The Kier molecular flexibility index (Phi) is 6.92. The van der Waals surface area contributed by atoms with E-state index in [0.717, 1.165) is 12.3 Å². The molecule has 0 aliphatic heterocycles. The fraction of sp³-hybridized carbons (Fsp3) is 0.375. The number of hydrogen-bond acceptors (Lipinski definition) is 2. The van der Waals surface area contributed by atoms with Gasteiger partial charge in [-0.15, -0.1) is 24.8 Å². The van der Waals surface area contributed by atoms with Crippen LogP contribution in [0.3, 0.4) is 0 Å². The van der Waals surface area contributed by atoms with Crippen LogP contribution in [-0.4, -0.2) is 4.98 Å². The van der Waals surface area contributed by atoms with Gasteiger partial charge in [-0.2, -0.15) is 13.2 Å². The van der Waals surface area contributed by atoms with Gasteiger partial charge in [-0.25, -0.2) is 0 Å². The SMILES string of the molecule is C[C@H](N)c1ccc(C(F)(F)F)cn1.Cl.Cl. The maximum atomic E-state index is 12.0. The van der Waals surface area contributed by atoms with Crippen molar-refractivity contribution in [1.29, 1.82) is 0 Å². The van der Waals surface area contributed by atoms with E-state index >= 15 is 0 Å². The Balaban J connectivity index is 0. The molecule has 0 radical (unpaired) electrons. The molecule has 0 fully saturated rings. The molecular weight excluding hydrogens is 252 g/mol. The zero-order valence-corrected chi connectivity index (χ0v) is 9.42. The average molecular weight is 263 g/mol. The zero-order chi connectivity index (χ0) is 10.1. The van der Waals surface area contributed by atoms with Crippen LogP contribution >= 0.6 is 24.8 Å². The van der Waals surface area contributed by atoms with E-state index in [1.807, 2.05) is 0 Å². The summed E-state index contributed by atoms with van der Waals surface area (Å²) in [4.78, 5) is 3.60. The van der Waals surface area contributed by atoms with Crippen LogP contribution in [-0.2, 0) is 6.18 Å². The van der Waals surface area contributed by atoms with E-state index in [0.29, 0.717) is 5.69 Å². The number of rotatable bonds is 1. The largest absolute Gasteiger partial charge is 0.417 e. The lowest BCUT2D eigenvalue weighted by Gasteiger charge is -2.08. The fourth-order valence-corrected chi connectivity index (χ4v) is 0.842. The molecule has 0 bridgehead atoms. The van der Waals surface area contributed by atoms with Gasteiger partial charge < -0.3 is 5.73 Å². The summed E-state index contributed by atoms with van der Waals surface area (Å²) in [6.07, 6.45) is -3.54. The monoisotopic (exact) mass is 262 g/mol. The normalized spacial score (nSPS) is 12.3. The minimum atomic E-state index is -4.33. The van der Waals surface area contributed by atoms with Crippen LogP contribution in [0.15, 0.2) is 18.3 Å². The molecule has 1 atom stereocenters. The zero-order valence-electron chi connectivity index (χ0n) is 7.78. The van der Waals surface area contributed by atoms with Gasteiger partial charge in [0.1, 0.15) is 0 Å². The van der Waals surface area contributed by atoms with Crippen LogP contribution < -0.4 is 5.73 Å². The predicted octanol–water partition coefficient (Wildman–Crippen LogP) is 2.96.